The number of carbonyl (C=O) groups excluding carboxylic acids is 1. The summed E-state index contributed by atoms with van der Waals surface area (Å²) in [7, 11) is 0. The lowest BCUT2D eigenvalue weighted by molar-refractivity contribution is -0.121. The lowest BCUT2D eigenvalue weighted by atomic mass is 10.1. The minimum absolute atomic E-state index is 0.0253. The van der Waals surface area contributed by atoms with E-state index in [0.717, 1.165) is 29.9 Å². The molecule has 2 aromatic rings. The fourth-order valence-electron chi connectivity index (χ4n) is 2.06. The summed E-state index contributed by atoms with van der Waals surface area (Å²) in [6.45, 7) is 2.39. The molecule has 0 saturated carbocycles. The molecule has 0 aliphatic rings. The Kier molecular flexibility index (Phi) is 5.49. The van der Waals surface area contributed by atoms with Gasteiger partial charge in [-0.25, -0.2) is 4.39 Å². The standard InChI is InChI=1S/C16H19FN2O2/c1-12-11-15(19-21-12)9-10-18-16(20)4-2-3-13-5-7-14(17)8-6-13/h5-8,11H,2-4,9-10H2,1H3,(H,18,20). The van der Waals surface area contributed by atoms with E-state index < -0.39 is 0 Å². The van der Waals surface area contributed by atoms with Gasteiger partial charge in [0.05, 0.1) is 5.69 Å². The van der Waals surface area contributed by atoms with Gasteiger partial charge in [-0.1, -0.05) is 17.3 Å². The predicted octanol–water partition coefficient (Wildman–Crippen LogP) is 2.80. The summed E-state index contributed by atoms with van der Waals surface area (Å²) in [5.74, 6) is 0.563. The zero-order valence-corrected chi connectivity index (χ0v) is 12.1. The second-order valence-corrected chi connectivity index (χ2v) is 5.01. The van der Waals surface area contributed by atoms with Gasteiger partial charge in [0.25, 0.3) is 0 Å². The average molecular weight is 290 g/mol. The average Bonchev–Trinajstić information content (AvgIpc) is 2.87. The molecule has 0 unspecified atom stereocenters. The first-order valence-electron chi connectivity index (χ1n) is 7.07. The quantitative estimate of drug-likeness (QED) is 0.853. The van der Waals surface area contributed by atoms with E-state index in [1.165, 1.54) is 12.1 Å². The Morgan fingerprint density at radius 2 is 2.05 bits per heavy atom. The smallest absolute Gasteiger partial charge is 0.220 e. The third-order valence-electron chi connectivity index (χ3n) is 3.16. The van der Waals surface area contributed by atoms with Crippen LogP contribution in [-0.2, 0) is 17.6 Å². The van der Waals surface area contributed by atoms with E-state index in [-0.39, 0.29) is 11.7 Å². The van der Waals surface area contributed by atoms with Crippen molar-refractivity contribution in [3.8, 4) is 0 Å². The Bertz CT molecular complexity index is 578. The van der Waals surface area contributed by atoms with E-state index in [1.54, 1.807) is 12.1 Å². The fourth-order valence-corrected chi connectivity index (χ4v) is 2.06. The van der Waals surface area contributed by atoms with Gasteiger partial charge in [0.2, 0.25) is 5.91 Å². The van der Waals surface area contributed by atoms with Gasteiger partial charge in [0.1, 0.15) is 11.6 Å². The van der Waals surface area contributed by atoms with E-state index in [0.29, 0.717) is 19.4 Å². The molecule has 1 aromatic carbocycles. The number of nitrogens with one attached hydrogen (secondary N) is 1. The summed E-state index contributed by atoms with van der Waals surface area (Å²) >= 11 is 0. The van der Waals surface area contributed by atoms with Gasteiger partial charge in [0.15, 0.2) is 0 Å². The van der Waals surface area contributed by atoms with Crippen LogP contribution in [0.15, 0.2) is 34.9 Å². The number of aryl methyl sites for hydroxylation is 2. The largest absolute Gasteiger partial charge is 0.361 e. The van der Waals surface area contributed by atoms with Crippen molar-refractivity contribution in [3.63, 3.8) is 0 Å². The van der Waals surface area contributed by atoms with Crippen LogP contribution in [0.3, 0.4) is 0 Å². The Balaban J connectivity index is 1.60. The van der Waals surface area contributed by atoms with Gasteiger partial charge in [-0.05, 0) is 37.5 Å². The van der Waals surface area contributed by atoms with E-state index in [4.69, 9.17) is 4.52 Å². The van der Waals surface area contributed by atoms with Crippen LogP contribution in [0.5, 0.6) is 0 Å². The molecule has 5 heteroatoms. The molecule has 0 aliphatic heterocycles. The third kappa shape index (κ3) is 5.38. The summed E-state index contributed by atoms with van der Waals surface area (Å²) < 4.78 is 17.7. The van der Waals surface area contributed by atoms with Gasteiger partial charge < -0.3 is 9.84 Å². The summed E-state index contributed by atoms with van der Waals surface area (Å²) in [4.78, 5) is 11.7. The SMILES string of the molecule is Cc1cc(CCNC(=O)CCCc2ccc(F)cc2)no1. The molecular formula is C16H19FN2O2. The van der Waals surface area contributed by atoms with E-state index in [1.807, 2.05) is 13.0 Å². The fraction of sp³-hybridized carbons (Fsp3) is 0.375. The number of nitrogens with zero attached hydrogens (tertiary/aromatic N) is 1. The minimum Gasteiger partial charge on any atom is -0.361 e. The molecule has 0 atom stereocenters. The lowest BCUT2D eigenvalue weighted by Gasteiger charge is -2.04. The number of carbonyl (C=O) groups is 1. The van der Waals surface area contributed by atoms with Gasteiger partial charge >= 0.3 is 0 Å². The second-order valence-electron chi connectivity index (χ2n) is 5.01. The molecule has 0 saturated heterocycles. The lowest BCUT2D eigenvalue weighted by Crippen LogP contribution is -2.25. The van der Waals surface area contributed by atoms with Gasteiger partial charge in [0, 0.05) is 25.5 Å². The number of hydrogen-bond acceptors (Lipinski definition) is 3. The zero-order chi connectivity index (χ0) is 15.1. The van der Waals surface area contributed by atoms with Crippen LogP contribution in [0.4, 0.5) is 4.39 Å². The van der Waals surface area contributed by atoms with Crippen LogP contribution < -0.4 is 5.32 Å². The van der Waals surface area contributed by atoms with Crippen LogP contribution in [0.1, 0.15) is 29.9 Å². The Labute approximate surface area is 123 Å². The van der Waals surface area contributed by atoms with Crippen molar-refractivity contribution in [2.75, 3.05) is 6.54 Å². The van der Waals surface area contributed by atoms with Gasteiger partial charge in [-0.2, -0.15) is 0 Å². The Morgan fingerprint density at radius 1 is 1.29 bits per heavy atom. The van der Waals surface area contributed by atoms with Crippen LogP contribution in [0, 0.1) is 12.7 Å². The molecule has 0 radical (unpaired) electrons. The molecule has 0 bridgehead atoms. The number of amides is 1. The Hall–Kier alpha value is -2.17. The van der Waals surface area contributed by atoms with Crippen LogP contribution in [-0.4, -0.2) is 17.6 Å². The number of aromatic nitrogens is 1. The van der Waals surface area contributed by atoms with Crippen molar-refractivity contribution in [1.82, 2.24) is 10.5 Å². The number of rotatable bonds is 7. The highest BCUT2D eigenvalue weighted by atomic mass is 19.1. The monoisotopic (exact) mass is 290 g/mol. The van der Waals surface area contributed by atoms with Crippen molar-refractivity contribution in [3.05, 3.63) is 53.2 Å². The third-order valence-corrected chi connectivity index (χ3v) is 3.16. The summed E-state index contributed by atoms with van der Waals surface area (Å²) in [5.41, 5.74) is 1.89. The van der Waals surface area contributed by atoms with Gasteiger partial charge in [-0.15, -0.1) is 0 Å². The highest BCUT2D eigenvalue weighted by Crippen LogP contribution is 2.07. The highest BCUT2D eigenvalue weighted by Gasteiger charge is 2.04. The van der Waals surface area contributed by atoms with Crippen molar-refractivity contribution in [1.29, 1.82) is 0 Å². The van der Waals surface area contributed by atoms with Crippen LogP contribution in [0.25, 0.3) is 0 Å². The molecule has 2 rings (SSSR count). The first-order chi connectivity index (χ1) is 10.1. The maximum absolute atomic E-state index is 12.7. The van der Waals surface area contributed by atoms with Crippen molar-refractivity contribution < 1.29 is 13.7 Å². The Morgan fingerprint density at radius 3 is 2.71 bits per heavy atom. The second kappa shape index (κ2) is 7.57. The number of benzene rings is 1. The topological polar surface area (TPSA) is 55.1 Å². The predicted molar refractivity (Wildman–Crippen MR) is 77.3 cm³/mol. The first-order valence-corrected chi connectivity index (χ1v) is 7.07. The number of halogens is 1. The van der Waals surface area contributed by atoms with Crippen molar-refractivity contribution in [2.45, 2.75) is 32.6 Å². The molecule has 1 amide bonds. The van der Waals surface area contributed by atoms with Crippen LogP contribution in [0.2, 0.25) is 0 Å². The molecule has 21 heavy (non-hydrogen) atoms. The molecule has 1 N–H and O–H groups in total. The van der Waals surface area contributed by atoms with E-state index in [9.17, 15) is 9.18 Å². The summed E-state index contributed by atoms with van der Waals surface area (Å²) in [6.07, 6.45) is 2.66. The molecule has 1 heterocycles. The molecule has 0 aliphatic carbocycles. The van der Waals surface area contributed by atoms with E-state index >= 15 is 0 Å². The molecule has 112 valence electrons. The molecule has 1 aromatic heterocycles. The van der Waals surface area contributed by atoms with Crippen molar-refractivity contribution >= 4 is 5.91 Å². The van der Waals surface area contributed by atoms with Crippen LogP contribution >= 0.6 is 0 Å². The van der Waals surface area contributed by atoms with Gasteiger partial charge in [-0.3, -0.25) is 4.79 Å². The zero-order valence-electron chi connectivity index (χ0n) is 12.1. The van der Waals surface area contributed by atoms with Crippen molar-refractivity contribution in [2.24, 2.45) is 0 Å². The first kappa shape index (κ1) is 15.2. The maximum Gasteiger partial charge on any atom is 0.220 e. The maximum atomic E-state index is 12.7. The summed E-state index contributed by atoms with van der Waals surface area (Å²) in [5, 5.41) is 6.72. The highest BCUT2D eigenvalue weighted by molar-refractivity contribution is 5.75. The summed E-state index contributed by atoms with van der Waals surface area (Å²) in [6, 6.07) is 8.24. The molecule has 4 nitrogen and oxygen atoms in total. The number of hydrogen-bond donors (Lipinski definition) is 1. The molecular weight excluding hydrogens is 271 g/mol. The minimum atomic E-state index is -0.236. The molecule has 0 fully saturated rings. The van der Waals surface area contributed by atoms with E-state index in [2.05, 4.69) is 10.5 Å². The molecule has 0 spiro atoms. The normalized spacial score (nSPS) is 10.6.